The molecule has 0 unspecified atom stereocenters. The summed E-state index contributed by atoms with van der Waals surface area (Å²) < 4.78 is 4.70. The van der Waals surface area contributed by atoms with E-state index in [0.717, 1.165) is 6.42 Å². The van der Waals surface area contributed by atoms with Gasteiger partial charge in [0.1, 0.15) is 0 Å². The van der Waals surface area contributed by atoms with Gasteiger partial charge in [-0.2, -0.15) is 0 Å². The zero-order valence-electron chi connectivity index (χ0n) is 8.68. The summed E-state index contributed by atoms with van der Waals surface area (Å²) in [6.07, 6.45) is 2.98. The summed E-state index contributed by atoms with van der Waals surface area (Å²) in [6, 6.07) is 0. The molecule has 0 aromatic heterocycles. The molecular weight excluding hydrogens is 198 g/mol. The van der Waals surface area contributed by atoms with Gasteiger partial charge in [-0.15, -0.1) is 0 Å². The van der Waals surface area contributed by atoms with Crippen LogP contribution in [-0.4, -0.2) is 41.8 Å². The van der Waals surface area contributed by atoms with Crippen LogP contribution in [0.4, 0.5) is 4.79 Å². The smallest absolute Gasteiger partial charge is 0.407 e. The van der Waals surface area contributed by atoms with Gasteiger partial charge in [0, 0.05) is 19.2 Å². The third-order valence-corrected chi connectivity index (χ3v) is 2.24. The van der Waals surface area contributed by atoms with E-state index in [1.165, 1.54) is 11.0 Å². The van der Waals surface area contributed by atoms with Gasteiger partial charge in [-0.3, -0.25) is 0 Å². The molecule has 0 aliphatic carbocycles. The van der Waals surface area contributed by atoms with Crippen LogP contribution in [0.5, 0.6) is 0 Å². The van der Waals surface area contributed by atoms with Gasteiger partial charge in [-0.1, -0.05) is 6.08 Å². The van der Waals surface area contributed by atoms with Gasteiger partial charge in [-0.25, -0.2) is 9.59 Å². The Morgan fingerprint density at radius 1 is 1.53 bits per heavy atom. The number of carbonyl (C=O) groups excluding carboxylic acids is 1. The van der Waals surface area contributed by atoms with Crippen LogP contribution in [0.2, 0.25) is 0 Å². The molecule has 0 spiro atoms. The summed E-state index contributed by atoms with van der Waals surface area (Å²) in [4.78, 5) is 22.7. The van der Waals surface area contributed by atoms with Crippen LogP contribution in [0.25, 0.3) is 0 Å². The average molecular weight is 213 g/mol. The van der Waals surface area contributed by atoms with Crippen molar-refractivity contribution in [3.8, 4) is 0 Å². The lowest BCUT2D eigenvalue weighted by Gasteiger charge is -2.36. The molecule has 0 saturated carbocycles. The van der Waals surface area contributed by atoms with Crippen LogP contribution in [0, 0.1) is 5.92 Å². The predicted molar refractivity (Wildman–Crippen MR) is 53.5 cm³/mol. The lowest BCUT2D eigenvalue weighted by atomic mass is 9.97. The van der Waals surface area contributed by atoms with E-state index in [9.17, 15) is 9.59 Å². The highest BCUT2D eigenvalue weighted by molar-refractivity contribution is 5.81. The van der Waals surface area contributed by atoms with E-state index in [1.54, 1.807) is 13.0 Å². The van der Waals surface area contributed by atoms with Crippen molar-refractivity contribution in [3.63, 3.8) is 0 Å². The highest BCUT2D eigenvalue weighted by atomic mass is 16.5. The van der Waals surface area contributed by atoms with Crippen molar-refractivity contribution in [3.05, 3.63) is 12.2 Å². The number of likely N-dealkylation sites (tertiary alicyclic amines) is 1. The first-order chi connectivity index (χ1) is 7.13. The Hall–Kier alpha value is -1.52. The topological polar surface area (TPSA) is 66.8 Å². The second-order valence-electron chi connectivity index (χ2n) is 3.44. The fraction of sp³-hybridized carbons (Fsp3) is 0.600. The van der Waals surface area contributed by atoms with Crippen LogP contribution in [0.3, 0.4) is 0 Å². The average Bonchev–Trinajstić information content (AvgIpc) is 2.08. The minimum Gasteiger partial charge on any atom is -0.465 e. The zero-order chi connectivity index (χ0) is 11.3. The molecule has 1 aliphatic heterocycles. The summed E-state index contributed by atoms with van der Waals surface area (Å²) in [7, 11) is 0. The van der Waals surface area contributed by atoms with Crippen LogP contribution in [0.15, 0.2) is 12.2 Å². The molecule has 0 aromatic carbocycles. The SMILES string of the molecule is CCOC(=O)/C=C/CC1CN(C(=O)O)C1. The number of esters is 1. The number of rotatable bonds is 4. The number of allylic oxidation sites excluding steroid dienone is 1. The molecule has 1 heterocycles. The molecule has 0 bridgehead atoms. The van der Waals surface area contributed by atoms with Gasteiger partial charge in [0.15, 0.2) is 0 Å². The van der Waals surface area contributed by atoms with Crippen molar-refractivity contribution < 1.29 is 19.4 Å². The largest absolute Gasteiger partial charge is 0.465 e. The monoisotopic (exact) mass is 213 g/mol. The molecule has 1 amide bonds. The van der Waals surface area contributed by atoms with Gasteiger partial charge in [-0.05, 0) is 19.3 Å². The van der Waals surface area contributed by atoms with Gasteiger partial charge in [0.05, 0.1) is 6.61 Å². The second kappa shape index (κ2) is 5.38. The first-order valence-electron chi connectivity index (χ1n) is 4.94. The highest BCUT2D eigenvalue weighted by Gasteiger charge is 2.29. The van der Waals surface area contributed by atoms with E-state index >= 15 is 0 Å². The first-order valence-corrected chi connectivity index (χ1v) is 4.94. The summed E-state index contributed by atoms with van der Waals surface area (Å²) in [5, 5.41) is 8.57. The van der Waals surface area contributed by atoms with Crippen molar-refractivity contribution in [1.29, 1.82) is 0 Å². The number of carbonyl (C=O) groups is 2. The Morgan fingerprint density at radius 2 is 2.20 bits per heavy atom. The van der Waals surface area contributed by atoms with E-state index in [0.29, 0.717) is 25.6 Å². The number of hydrogen-bond donors (Lipinski definition) is 1. The number of carboxylic acid groups (broad SMARTS) is 1. The van der Waals surface area contributed by atoms with Gasteiger partial charge in [0.2, 0.25) is 0 Å². The number of nitrogens with zero attached hydrogens (tertiary/aromatic N) is 1. The van der Waals surface area contributed by atoms with Gasteiger partial charge < -0.3 is 14.7 Å². The maximum absolute atomic E-state index is 10.9. The standard InChI is InChI=1S/C10H15NO4/c1-2-15-9(12)5-3-4-8-6-11(7-8)10(13)14/h3,5,8H,2,4,6-7H2,1H3,(H,13,14)/b5-3+. The molecule has 1 rings (SSSR count). The maximum Gasteiger partial charge on any atom is 0.407 e. The minimum atomic E-state index is -0.874. The normalized spacial score (nSPS) is 16.5. The molecule has 1 aliphatic rings. The molecule has 5 nitrogen and oxygen atoms in total. The number of amides is 1. The van der Waals surface area contributed by atoms with Crippen LogP contribution in [-0.2, 0) is 9.53 Å². The first kappa shape index (κ1) is 11.6. The lowest BCUT2D eigenvalue weighted by molar-refractivity contribution is -0.137. The Kier molecular flexibility index (Phi) is 4.15. The Bertz CT molecular complexity index is 269. The molecule has 15 heavy (non-hydrogen) atoms. The fourth-order valence-corrected chi connectivity index (χ4v) is 1.42. The highest BCUT2D eigenvalue weighted by Crippen LogP contribution is 2.19. The summed E-state index contributed by atoms with van der Waals surface area (Å²) in [5.74, 6) is -0.00121. The Labute approximate surface area is 88.3 Å². The van der Waals surface area contributed by atoms with Crippen molar-refractivity contribution in [2.45, 2.75) is 13.3 Å². The lowest BCUT2D eigenvalue weighted by Crippen LogP contribution is -2.49. The van der Waals surface area contributed by atoms with E-state index in [4.69, 9.17) is 9.84 Å². The molecule has 0 aromatic rings. The van der Waals surface area contributed by atoms with E-state index in [-0.39, 0.29) is 5.97 Å². The van der Waals surface area contributed by atoms with Crippen molar-refractivity contribution in [1.82, 2.24) is 4.90 Å². The maximum atomic E-state index is 10.9. The van der Waals surface area contributed by atoms with Crippen LogP contribution < -0.4 is 0 Å². The summed E-state index contributed by atoms with van der Waals surface area (Å²) in [5.41, 5.74) is 0. The van der Waals surface area contributed by atoms with Crippen molar-refractivity contribution in [2.75, 3.05) is 19.7 Å². The third-order valence-electron chi connectivity index (χ3n) is 2.24. The Balaban J connectivity index is 2.12. The predicted octanol–water partition coefficient (Wildman–Crippen LogP) is 1.11. The molecule has 1 N–H and O–H groups in total. The Morgan fingerprint density at radius 3 is 2.73 bits per heavy atom. The summed E-state index contributed by atoms with van der Waals surface area (Å²) in [6.45, 7) is 3.24. The summed E-state index contributed by atoms with van der Waals surface area (Å²) >= 11 is 0. The molecule has 5 heteroatoms. The number of hydrogen-bond acceptors (Lipinski definition) is 3. The molecule has 0 radical (unpaired) electrons. The van der Waals surface area contributed by atoms with Gasteiger partial charge >= 0.3 is 12.1 Å². The second-order valence-corrected chi connectivity index (χ2v) is 3.44. The number of ether oxygens (including phenoxy) is 1. The fourth-order valence-electron chi connectivity index (χ4n) is 1.42. The quantitative estimate of drug-likeness (QED) is 0.561. The molecular formula is C10H15NO4. The zero-order valence-corrected chi connectivity index (χ0v) is 8.68. The minimum absolute atomic E-state index is 0.340. The van der Waals surface area contributed by atoms with Gasteiger partial charge in [0.25, 0.3) is 0 Å². The van der Waals surface area contributed by atoms with Crippen LogP contribution >= 0.6 is 0 Å². The van der Waals surface area contributed by atoms with E-state index in [2.05, 4.69) is 0 Å². The van der Waals surface area contributed by atoms with E-state index < -0.39 is 6.09 Å². The molecule has 84 valence electrons. The molecule has 1 fully saturated rings. The third kappa shape index (κ3) is 3.61. The van der Waals surface area contributed by atoms with Crippen molar-refractivity contribution in [2.24, 2.45) is 5.92 Å². The molecule has 0 atom stereocenters. The van der Waals surface area contributed by atoms with E-state index in [1.807, 2.05) is 0 Å². The molecule has 1 saturated heterocycles. The van der Waals surface area contributed by atoms with Crippen LogP contribution in [0.1, 0.15) is 13.3 Å². The van der Waals surface area contributed by atoms with Crippen molar-refractivity contribution >= 4 is 12.1 Å².